The normalized spacial score (nSPS) is 14.6. The molecular weight excluding hydrogens is 274 g/mol. The summed E-state index contributed by atoms with van der Waals surface area (Å²) in [5, 5.41) is 5.74. The van der Waals surface area contributed by atoms with Crippen LogP contribution in [0.25, 0.3) is 21.7 Å². The van der Waals surface area contributed by atoms with Crippen molar-refractivity contribution >= 4 is 28.3 Å². The van der Waals surface area contributed by atoms with E-state index in [1.165, 1.54) is 17.7 Å². The first kappa shape index (κ1) is 11.6. The number of amides is 1. The Kier molecular flexibility index (Phi) is 2.56. The van der Waals surface area contributed by atoms with Crippen LogP contribution >= 0.6 is 11.3 Å². The monoisotopic (exact) mass is 285 g/mol. The van der Waals surface area contributed by atoms with E-state index in [4.69, 9.17) is 4.42 Å². The van der Waals surface area contributed by atoms with Crippen molar-refractivity contribution in [3.05, 3.63) is 35.7 Å². The molecule has 20 heavy (non-hydrogen) atoms. The van der Waals surface area contributed by atoms with Crippen LogP contribution in [-0.2, 0) is 0 Å². The minimum atomic E-state index is -0.0860. The highest BCUT2D eigenvalue weighted by molar-refractivity contribution is 7.13. The molecule has 0 unspecified atom stereocenters. The van der Waals surface area contributed by atoms with Gasteiger partial charge in [-0.25, -0.2) is 9.97 Å². The van der Waals surface area contributed by atoms with E-state index >= 15 is 0 Å². The van der Waals surface area contributed by atoms with E-state index in [0.29, 0.717) is 22.7 Å². The fourth-order valence-electron chi connectivity index (χ4n) is 2.15. The van der Waals surface area contributed by atoms with Gasteiger partial charge in [0.15, 0.2) is 12.0 Å². The van der Waals surface area contributed by atoms with E-state index in [9.17, 15) is 4.79 Å². The number of aromatic nitrogens is 2. The van der Waals surface area contributed by atoms with Crippen LogP contribution < -0.4 is 5.32 Å². The minimum absolute atomic E-state index is 0.0860. The third-order valence-electron chi connectivity index (χ3n) is 3.30. The van der Waals surface area contributed by atoms with Crippen LogP contribution in [0.4, 0.5) is 0 Å². The lowest BCUT2D eigenvalue weighted by molar-refractivity contribution is 0.0952. The number of carbonyl (C=O) groups is 1. The maximum absolute atomic E-state index is 12.2. The predicted octanol–water partition coefficient (Wildman–Crippen LogP) is 2.84. The van der Waals surface area contributed by atoms with E-state index in [2.05, 4.69) is 15.3 Å². The Morgan fingerprint density at radius 2 is 2.25 bits per heavy atom. The molecule has 0 saturated heterocycles. The van der Waals surface area contributed by atoms with Gasteiger partial charge in [0.05, 0.1) is 11.1 Å². The lowest BCUT2D eigenvalue weighted by Crippen LogP contribution is -2.25. The van der Waals surface area contributed by atoms with Crippen LogP contribution in [0.3, 0.4) is 0 Å². The molecule has 100 valence electrons. The van der Waals surface area contributed by atoms with Gasteiger partial charge in [-0.1, -0.05) is 0 Å². The predicted molar refractivity (Wildman–Crippen MR) is 75.6 cm³/mol. The summed E-state index contributed by atoms with van der Waals surface area (Å²) in [4.78, 5) is 20.7. The van der Waals surface area contributed by atoms with Gasteiger partial charge in [-0.05, 0) is 25.0 Å². The number of benzene rings is 1. The van der Waals surface area contributed by atoms with Crippen LogP contribution in [0, 0.1) is 0 Å². The van der Waals surface area contributed by atoms with Gasteiger partial charge in [0, 0.05) is 17.6 Å². The molecule has 4 rings (SSSR count). The summed E-state index contributed by atoms with van der Waals surface area (Å²) < 4.78 is 5.46. The van der Waals surface area contributed by atoms with Gasteiger partial charge >= 0.3 is 0 Å². The van der Waals surface area contributed by atoms with Crippen LogP contribution in [0.2, 0.25) is 0 Å². The number of carbonyl (C=O) groups excluding carboxylic acids is 1. The van der Waals surface area contributed by atoms with Gasteiger partial charge in [-0.3, -0.25) is 4.79 Å². The molecule has 0 radical (unpaired) electrons. The molecule has 1 aliphatic rings. The zero-order valence-electron chi connectivity index (χ0n) is 10.5. The van der Waals surface area contributed by atoms with E-state index in [1.54, 1.807) is 12.3 Å². The van der Waals surface area contributed by atoms with E-state index in [0.717, 1.165) is 23.4 Å². The Hall–Kier alpha value is -2.21. The molecule has 2 aromatic heterocycles. The Bertz CT molecular complexity index is 775. The molecule has 1 fully saturated rings. The summed E-state index contributed by atoms with van der Waals surface area (Å²) >= 11 is 1.53. The van der Waals surface area contributed by atoms with Crippen molar-refractivity contribution in [2.24, 2.45) is 0 Å². The fraction of sp³-hybridized carbons (Fsp3) is 0.214. The lowest BCUT2D eigenvalue weighted by Gasteiger charge is -2.05. The van der Waals surface area contributed by atoms with Crippen molar-refractivity contribution in [1.82, 2.24) is 15.3 Å². The molecule has 0 aliphatic heterocycles. The largest absolute Gasteiger partial charge is 0.443 e. The highest BCUT2D eigenvalue weighted by Gasteiger charge is 2.25. The maximum atomic E-state index is 12.2. The lowest BCUT2D eigenvalue weighted by atomic mass is 10.1. The number of oxazole rings is 1. The molecular formula is C14H11N3O2S. The molecule has 1 saturated carbocycles. The van der Waals surface area contributed by atoms with Crippen molar-refractivity contribution < 1.29 is 9.21 Å². The molecule has 2 heterocycles. The zero-order valence-corrected chi connectivity index (χ0v) is 11.3. The van der Waals surface area contributed by atoms with Gasteiger partial charge in [0.2, 0.25) is 0 Å². The van der Waals surface area contributed by atoms with Gasteiger partial charge in [0.25, 0.3) is 5.91 Å². The van der Waals surface area contributed by atoms with Crippen molar-refractivity contribution in [3.8, 4) is 10.6 Å². The number of rotatable bonds is 3. The second-order valence-corrected chi connectivity index (χ2v) is 5.67. The topological polar surface area (TPSA) is 68.0 Å². The number of nitrogens with one attached hydrogen (secondary N) is 1. The first-order valence-corrected chi connectivity index (χ1v) is 7.28. The van der Waals surface area contributed by atoms with Crippen molar-refractivity contribution in [2.75, 3.05) is 0 Å². The van der Waals surface area contributed by atoms with Gasteiger partial charge in [-0.2, -0.15) is 0 Å². The number of hydrogen-bond acceptors (Lipinski definition) is 5. The third kappa shape index (κ3) is 1.89. The Labute approximate surface area is 118 Å². The van der Waals surface area contributed by atoms with Crippen molar-refractivity contribution in [2.45, 2.75) is 18.9 Å². The Balaban J connectivity index is 1.82. The van der Waals surface area contributed by atoms with Crippen LogP contribution in [0.15, 0.2) is 34.5 Å². The molecule has 1 amide bonds. The molecule has 1 aromatic carbocycles. The smallest absolute Gasteiger partial charge is 0.253 e. The highest BCUT2D eigenvalue weighted by atomic mass is 32.1. The minimum Gasteiger partial charge on any atom is -0.443 e. The first-order valence-electron chi connectivity index (χ1n) is 6.40. The van der Waals surface area contributed by atoms with Crippen LogP contribution in [-0.4, -0.2) is 21.9 Å². The quantitative estimate of drug-likeness (QED) is 0.803. The summed E-state index contributed by atoms with van der Waals surface area (Å²) in [5.74, 6) is -0.0860. The Morgan fingerprint density at radius 3 is 3.00 bits per heavy atom. The maximum Gasteiger partial charge on any atom is 0.253 e. The second-order valence-electron chi connectivity index (χ2n) is 4.78. The number of thiazole rings is 1. The van der Waals surface area contributed by atoms with Gasteiger partial charge in [-0.15, -0.1) is 11.3 Å². The molecule has 5 nitrogen and oxygen atoms in total. The molecule has 1 N–H and O–H groups in total. The molecule has 3 aromatic rings. The number of hydrogen-bond donors (Lipinski definition) is 1. The molecule has 6 heteroatoms. The van der Waals surface area contributed by atoms with E-state index in [-0.39, 0.29) is 5.91 Å². The number of fused-ring (bicyclic) bond motifs is 1. The first-order chi connectivity index (χ1) is 9.83. The van der Waals surface area contributed by atoms with E-state index in [1.807, 2.05) is 11.4 Å². The summed E-state index contributed by atoms with van der Waals surface area (Å²) in [6.07, 6.45) is 5.24. The summed E-state index contributed by atoms with van der Waals surface area (Å²) in [6, 6.07) is 3.98. The molecule has 0 bridgehead atoms. The highest BCUT2D eigenvalue weighted by Crippen LogP contribution is 2.31. The average molecular weight is 285 g/mol. The summed E-state index contributed by atoms with van der Waals surface area (Å²) in [6.45, 7) is 0. The van der Waals surface area contributed by atoms with Crippen LogP contribution in [0.1, 0.15) is 23.2 Å². The molecule has 0 atom stereocenters. The molecule has 0 spiro atoms. The number of nitrogens with zero attached hydrogens (tertiary/aromatic N) is 2. The SMILES string of the molecule is O=C(NC1CC1)c1ccc(-c2nccs2)c2ocnc12. The van der Waals surface area contributed by atoms with Gasteiger partial charge in [0.1, 0.15) is 10.5 Å². The summed E-state index contributed by atoms with van der Waals surface area (Å²) in [5.41, 5.74) is 2.63. The second kappa shape index (κ2) is 4.42. The van der Waals surface area contributed by atoms with Crippen LogP contribution in [0.5, 0.6) is 0 Å². The fourth-order valence-corrected chi connectivity index (χ4v) is 2.81. The van der Waals surface area contributed by atoms with E-state index < -0.39 is 0 Å². The average Bonchev–Trinajstić information content (AvgIpc) is 2.98. The van der Waals surface area contributed by atoms with Crippen molar-refractivity contribution in [1.29, 1.82) is 0 Å². The zero-order chi connectivity index (χ0) is 13.5. The standard InChI is InChI=1S/C14H11N3O2S/c18-13(17-8-1-2-8)9-3-4-10(14-15-5-6-20-14)12-11(9)16-7-19-12/h3-8H,1-2H2,(H,17,18). The Morgan fingerprint density at radius 1 is 1.35 bits per heavy atom. The van der Waals surface area contributed by atoms with Crippen molar-refractivity contribution in [3.63, 3.8) is 0 Å². The third-order valence-corrected chi connectivity index (χ3v) is 4.11. The molecule has 1 aliphatic carbocycles. The summed E-state index contributed by atoms with van der Waals surface area (Å²) in [7, 11) is 0. The van der Waals surface area contributed by atoms with Gasteiger partial charge < -0.3 is 9.73 Å².